The van der Waals surface area contributed by atoms with E-state index in [1.807, 2.05) is 12.1 Å². The van der Waals surface area contributed by atoms with Crippen molar-refractivity contribution in [1.82, 2.24) is 4.90 Å². The van der Waals surface area contributed by atoms with Crippen LogP contribution < -0.4 is 4.90 Å². The highest BCUT2D eigenvalue weighted by atomic mass is 16.6. The standard InChI is InChI=1S/C18H23N3O2/c1-3-4-11-20-12-9-18(10-13-20)14-21(17(22)23-18)16-7-5-15(19-2)6-8-16/h5-8H,3-4,9-14H2,1H3. The molecule has 5 heteroatoms. The number of ether oxygens (including phenoxy) is 1. The lowest BCUT2D eigenvalue weighted by Crippen LogP contribution is -2.47. The topological polar surface area (TPSA) is 37.1 Å². The van der Waals surface area contributed by atoms with Gasteiger partial charge in [-0.05, 0) is 25.1 Å². The first-order valence-corrected chi connectivity index (χ1v) is 8.36. The molecule has 1 spiro atoms. The van der Waals surface area contributed by atoms with Gasteiger partial charge in [0.15, 0.2) is 5.69 Å². The summed E-state index contributed by atoms with van der Waals surface area (Å²) in [5.74, 6) is 0. The van der Waals surface area contributed by atoms with Crippen molar-refractivity contribution >= 4 is 17.5 Å². The van der Waals surface area contributed by atoms with E-state index in [0.717, 1.165) is 38.2 Å². The largest absolute Gasteiger partial charge is 0.441 e. The molecule has 122 valence electrons. The number of carbonyl (C=O) groups is 1. The Kier molecular flexibility index (Phi) is 4.53. The molecule has 0 aromatic heterocycles. The van der Waals surface area contributed by atoms with Gasteiger partial charge < -0.3 is 9.64 Å². The molecule has 1 amide bonds. The molecule has 2 aliphatic rings. The van der Waals surface area contributed by atoms with Crippen molar-refractivity contribution in [2.45, 2.75) is 38.2 Å². The minimum absolute atomic E-state index is 0.262. The van der Waals surface area contributed by atoms with Crippen LogP contribution in [-0.2, 0) is 4.74 Å². The highest BCUT2D eigenvalue weighted by molar-refractivity contribution is 5.90. The van der Waals surface area contributed by atoms with Gasteiger partial charge in [0.2, 0.25) is 0 Å². The van der Waals surface area contributed by atoms with Crippen molar-refractivity contribution in [2.24, 2.45) is 0 Å². The number of hydrogen-bond donors (Lipinski definition) is 0. The third-order valence-electron chi connectivity index (χ3n) is 4.86. The van der Waals surface area contributed by atoms with Gasteiger partial charge in [0.25, 0.3) is 0 Å². The molecule has 2 fully saturated rings. The van der Waals surface area contributed by atoms with Gasteiger partial charge in [0, 0.05) is 31.6 Å². The average Bonchev–Trinajstić information content (AvgIpc) is 2.91. The zero-order valence-electron chi connectivity index (χ0n) is 13.6. The normalized spacial score (nSPS) is 20.5. The summed E-state index contributed by atoms with van der Waals surface area (Å²) in [4.78, 5) is 19.8. The molecule has 1 aromatic rings. The lowest BCUT2D eigenvalue weighted by atomic mass is 9.91. The quantitative estimate of drug-likeness (QED) is 0.793. The van der Waals surface area contributed by atoms with Crippen LogP contribution in [0.3, 0.4) is 0 Å². The van der Waals surface area contributed by atoms with E-state index >= 15 is 0 Å². The maximum Gasteiger partial charge on any atom is 0.415 e. The Morgan fingerprint density at radius 1 is 1.26 bits per heavy atom. The van der Waals surface area contributed by atoms with Gasteiger partial charge in [-0.1, -0.05) is 25.5 Å². The van der Waals surface area contributed by atoms with Crippen molar-refractivity contribution in [1.29, 1.82) is 0 Å². The number of nitrogens with zero attached hydrogens (tertiary/aromatic N) is 3. The van der Waals surface area contributed by atoms with E-state index < -0.39 is 0 Å². The molecule has 0 bridgehead atoms. The third-order valence-corrected chi connectivity index (χ3v) is 4.86. The molecule has 3 rings (SSSR count). The average molecular weight is 313 g/mol. The van der Waals surface area contributed by atoms with E-state index in [9.17, 15) is 4.79 Å². The molecule has 5 nitrogen and oxygen atoms in total. The maximum atomic E-state index is 12.3. The molecule has 2 heterocycles. The van der Waals surface area contributed by atoms with Crippen LogP contribution in [0.25, 0.3) is 4.85 Å². The van der Waals surface area contributed by atoms with Gasteiger partial charge in [0.05, 0.1) is 13.1 Å². The number of rotatable bonds is 4. The van der Waals surface area contributed by atoms with Crippen molar-refractivity contribution in [3.63, 3.8) is 0 Å². The molecule has 0 unspecified atom stereocenters. The fourth-order valence-corrected chi connectivity index (χ4v) is 3.36. The van der Waals surface area contributed by atoms with Crippen LogP contribution in [0.1, 0.15) is 32.6 Å². The van der Waals surface area contributed by atoms with Gasteiger partial charge in [-0.3, -0.25) is 4.90 Å². The fourth-order valence-electron chi connectivity index (χ4n) is 3.36. The van der Waals surface area contributed by atoms with Crippen molar-refractivity contribution in [3.05, 3.63) is 35.7 Å². The van der Waals surface area contributed by atoms with Crippen LogP contribution in [0.4, 0.5) is 16.2 Å². The number of piperidine rings is 1. The molecule has 0 saturated carbocycles. The fraction of sp³-hybridized carbons (Fsp3) is 0.556. The Labute approximate surface area is 137 Å². The Balaban J connectivity index is 1.64. The second kappa shape index (κ2) is 6.59. The molecule has 0 radical (unpaired) electrons. The minimum Gasteiger partial charge on any atom is -0.441 e. The first-order chi connectivity index (χ1) is 11.2. The van der Waals surface area contributed by atoms with Crippen LogP contribution in [0.15, 0.2) is 24.3 Å². The smallest absolute Gasteiger partial charge is 0.415 e. The maximum absolute atomic E-state index is 12.3. The SMILES string of the molecule is [C-]#[N+]c1ccc(N2CC3(CCN(CCCC)CC3)OC2=O)cc1. The monoisotopic (exact) mass is 313 g/mol. The molecule has 2 aliphatic heterocycles. The Morgan fingerprint density at radius 3 is 2.57 bits per heavy atom. The summed E-state index contributed by atoms with van der Waals surface area (Å²) >= 11 is 0. The Bertz CT molecular complexity index is 598. The summed E-state index contributed by atoms with van der Waals surface area (Å²) in [5, 5.41) is 0. The summed E-state index contributed by atoms with van der Waals surface area (Å²) in [6, 6.07) is 7.13. The number of carbonyl (C=O) groups excluding carboxylic acids is 1. The van der Waals surface area contributed by atoms with Gasteiger partial charge in [-0.15, -0.1) is 0 Å². The van der Waals surface area contributed by atoms with Gasteiger partial charge in [0.1, 0.15) is 5.60 Å². The molecule has 1 aromatic carbocycles. The summed E-state index contributed by atoms with van der Waals surface area (Å²) in [6.07, 6.45) is 3.98. The molecule has 0 aliphatic carbocycles. The summed E-state index contributed by atoms with van der Waals surface area (Å²) in [5.41, 5.74) is 1.06. The lowest BCUT2D eigenvalue weighted by molar-refractivity contribution is 0.000766. The zero-order chi connectivity index (χ0) is 16.3. The number of benzene rings is 1. The van der Waals surface area contributed by atoms with Crippen LogP contribution in [0.5, 0.6) is 0 Å². The van der Waals surface area contributed by atoms with Gasteiger partial charge in [-0.25, -0.2) is 9.64 Å². The van der Waals surface area contributed by atoms with E-state index in [2.05, 4.69) is 16.7 Å². The predicted molar refractivity (Wildman–Crippen MR) is 89.8 cm³/mol. The first-order valence-electron chi connectivity index (χ1n) is 8.36. The van der Waals surface area contributed by atoms with Crippen LogP contribution in [0.2, 0.25) is 0 Å². The first kappa shape index (κ1) is 15.8. The zero-order valence-corrected chi connectivity index (χ0v) is 13.6. The van der Waals surface area contributed by atoms with Crippen LogP contribution >= 0.6 is 0 Å². The van der Waals surface area contributed by atoms with E-state index in [0.29, 0.717) is 12.2 Å². The summed E-state index contributed by atoms with van der Waals surface area (Å²) in [7, 11) is 0. The van der Waals surface area contributed by atoms with Gasteiger partial charge in [-0.2, -0.15) is 0 Å². The van der Waals surface area contributed by atoms with Crippen molar-refractivity contribution in [2.75, 3.05) is 31.1 Å². The minimum atomic E-state index is -0.335. The second-order valence-electron chi connectivity index (χ2n) is 6.46. The second-order valence-corrected chi connectivity index (χ2v) is 6.46. The van der Waals surface area contributed by atoms with E-state index in [1.54, 1.807) is 17.0 Å². The lowest BCUT2D eigenvalue weighted by Gasteiger charge is -2.37. The Morgan fingerprint density at radius 2 is 1.96 bits per heavy atom. The highest BCUT2D eigenvalue weighted by Gasteiger charge is 2.47. The number of likely N-dealkylation sites (tertiary alicyclic amines) is 1. The molecular formula is C18H23N3O2. The van der Waals surface area contributed by atoms with E-state index in [4.69, 9.17) is 11.3 Å². The molecule has 23 heavy (non-hydrogen) atoms. The number of hydrogen-bond acceptors (Lipinski definition) is 3. The van der Waals surface area contributed by atoms with Gasteiger partial charge >= 0.3 is 6.09 Å². The van der Waals surface area contributed by atoms with Crippen LogP contribution in [-0.4, -0.2) is 42.8 Å². The molecular weight excluding hydrogens is 290 g/mol. The van der Waals surface area contributed by atoms with E-state index in [1.165, 1.54) is 12.8 Å². The summed E-state index contributed by atoms with van der Waals surface area (Å²) < 4.78 is 5.77. The van der Waals surface area contributed by atoms with Crippen molar-refractivity contribution < 1.29 is 9.53 Å². The van der Waals surface area contributed by atoms with E-state index in [-0.39, 0.29) is 11.7 Å². The molecule has 2 saturated heterocycles. The summed E-state index contributed by atoms with van der Waals surface area (Å²) in [6.45, 7) is 13.0. The predicted octanol–water partition coefficient (Wildman–Crippen LogP) is 3.83. The highest BCUT2D eigenvalue weighted by Crippen LogP contribution is 2.36. The van der Waals surface area contributed by atoms with Crippen LogP contribution in [0, 0.1) is 6.57 Å². The molecule has 0 atom stereocenters. The third kappa shape index (κ3) is 3.32. The Hall–Kier alpha value is -2.06. The molecule has 0 N–H and O–H groups in total. The number of anilines is 1. The number of unbranched alkanes of at least 4 members (excludes halogenated alkanes) is 1. The van der Waals surface area contributed by atoms with Crippen molar-refractivity contribution in [3.8, 4) is 0 Å². The number of amides is 1.